The second-order valence-electron chi connectivity index (χ2n) is 5.78. The van der Waals surface area contributed by atoms with Gasteiger partial charge < -0.3 is 21.1 Å². The molecule has 0 bridgehead atoms. The minimum atomic E-state index is -1.17. The number of hydrogen-bond donors (Lipinski definition) is 4. The Morgan fingerprint density at radius 3 is 2.65 bits per heavy atom. The average molecular weight is 283 g/mol. The fourth-order valence-corrected chi connectivity index (χ4v) is 2.51. The van der Waals surface area contributed by atoms with Crippen molar-refractivity contribution in [1.82, 2.24) is 16.0 Å². The molecule has 6 nitrogen and oxygen atoms in total. The SMILES string of the molecule is CCC[C@H](NC(=O)[C@@H]1CCCN1)C(O)C(=O)NC1CC1. The van der Waals surface area contributed by atoms with Crippen molar-refractivity contribution >= 4 is 11.8 Å². The van der Waals surface area contributed by atoms with Gasteiger partial charge in [-0.15, -0.1) is 0 Å². The molecule has 6 heteroatoms. The third-order valence-electron chi connectivity index (χ3n) is 3.88. The highest BCUT2D eigenvalue weighted by molar-refractivity contribution is 5.85. The van der Waals surface area contributed by atoms with Gasteiger partial charge in [-0.2, -0.15) is 0 Å². The number of amides is 2. The molecule has 3 atom stereocenters. The monoisotopic (exact) mass is 283 g/mol. The van der Waals surface area contributed by atoms with E-state index >= 15 is 0 Å². The molecule has 0 spiro atoms. The fraction of sp³-hybridized carbons (Fsp3) is 0.857. The van der Waals surface area contributed by atoms with Gasteiger partial charge in [-0.25, -0.2) is 0 Å². The zero-order valence-corrected chi connectivity index (χ0v) is 12.0. The molecule has 20 heavy (non-hydrogen) atoms. The van der Waals surface area contributed by atoms with Gasteiger partial charge in [0.2, 0.25) is 5.91 Å². The van der Waals surface area contributed by atoms with Crippen LogP contribution in [0.1, 0.15) is 45.4 Å². The molecule has 114 valence electrons. The Morgan fingerprint density at radius 2 is 2.10 bits per heavy atom. The molecule has 1 aliphatic carbocycles. The molecule has 2 fully saturated rings. The summed E-state index contributed by atoms with van der Waals surface area (Å²) in [4.78, 5) is 24.0. The maximum atomic E-state index is 12.1. The van der Waals surface area contributed by atoms with Gasteiger partial charge in [0.1, 0.15) is 0 Å². The van der Waals surface area contributed by atoms with Crippen LogP contribution in [-0.2, 0) is 9.59 Å². The topological polar surface area (TPSA) is 90.5 Å². The van der Waals surface area contributed by atoms with E-state index in [2.05, 4.69) is 16.0 Å². The number of carbonyl (C=O) groups excluding carboxylic acids is 2. The minimum Gasteiger partial charge on any atom is -0.381 e. The summed E-state index contributed by atoms with van der Waals surface area (Å²) in [6.07, 6.45) is 4.00. The fourth-order valence-electron chi connectivity index (χ4n) is 2.51. The van der Waals surface area contributed by atoms with E-state index in [1.165, 1.54) is 0 Å². The zero-order chi connectivity index (χ0) is 14.5. The molecule has 1 unspecified atom stereocenters. The van der Waals surface area contributed by atoms with E-state index in [1.807, 2.05) is 6.92 Å². The molecule has 0 aromatic heterocycles. The lowest BCUT2D eigenvalue weighted by Crippen LogP contribution is -2.54. The summed E-state index contributed by atoms with van der Waals surface area (Å²) in [6, 6.07) is -0.478. The van der Waals surface area contributed by atoms with E-state index in [0.29, 0.717) is 6.42 Å². The number of carbonyl (C=O) groups is 2. The number of hydrogen-bond acceptors (Lipinski definition) is 4. The van der Waals surface area contributed by atoms with Gasteiger partial charge in [0, 0.05) is 6.04 Å². The van der Waals surface area contributed by atoms with Crippen LogP contribution < -0.4 is 16.0 Å². The van der Waals surface area contributed by atoms with Gasteiger partial charge in [0.25, 0.3) is 5.91 Å². The van der Waals surface area contributed by atoms with Crippen LogP contribution >= 0.6 is 0 Å². The number of aliphatic hydroxyl groups is 1. The van der Waals surface area contributed by atoms with Gasteiger partial charge in [-0.3, -0.25) is 9.59 Å². The molecule has 2 aliphatic rings. The first-order valence-corrected chi connectivity index (χ1v) is 7.64. The summed E-state index contributed by atoms with van der Waals surface area (Å²) in [5.74, 6) is -0.482. The van der Waals surface area contributed by atoms with Crippen molar-refractivity contribution in [3.05, 3.63) is 0 Å². The third-order valence-corrected chi connectivity index (χ3v) is 3.88. The van der Waals surface area contributed by atoms with Crippen LogP contribution in [0, 0.1) is 0 Å². The van der Waals surface area contributed by atoms with Crippen LogP contribution in [0.5, 0.6) is 0 Å². The molecule has 4 N–H and O–H groups in total. The Balaban J connectivity index is 1.86. The second kappa shape index (κ2) is 7.04. The van der Waals surface area contributed by atoms with Gasteiger partial charge in [0.15, 0.2) is 6.10 Å². The molecule has 2 rings (SSSR count). The van der Waals surface area contributed by atoms with E-state index in [9.17, 15) is 14.7 Å². The first-order chi connectivity index (χ1) is 9.61. The Hall–Kier alpha value is -1.14. The molecule has 1 saturated carbocycles. The van der Waals surface area contributed by atoms with Crippen LogP contribution in [-0.4, -0.2) is 47.7 Å². The smallest absolute Gasteiger partial charge is 0.251 e. The summed E-state index contributed by atoms with van der Waals surface area (Å²) in [7, 11) is 0. The van der Waals surface area contributed by atoms with E-state index in [0.717, 1.165) is 38.6 Å². The van der Waals surface area contributed by atoms with E-state index in [-0.39, 0.29) is 23.9 Å². The molecule has 0 radical (unpaired) electrons. The van der Waals surface area contributed by atoms with Crippen LogP contribution in [0.3, 0.4) is 0 Å². The zero-order valence-electron chi connectivity index (χ0n) is 12.0. The van der Waals surface area contributed by atoms with E-state index in [4.69, 9.17) is 0 Å². The number of nitrogens with one attached hydrogen (secondary N) is 3. The molecular weight excluding hydrogens is 258 g/mol. The largest absolute Gasteiger partial charge is 0.381 e. The lowest BCUT2D eigenvalue weighted by molar-refractivity contribution is -0.132. The predicted octanol–water partition coefficient (Wildman–Crippen LogP) is -0.337. The predicted molar refractivity (Wildman–Crippen MR) is 75.0 cm³/mol. The molecule has 1 heterocycles. The van der Waals surface area contributed by atoms with Crippen molar-refractivity contribution < 1.29 is 14.7 Å². The highest BCUT2D eigenvalue weighted by Gasteiger charge is 2.33. The first kappa shape index (κ1) is 15.3. The second-order valence-corrected chi connectivity index (χ2v) is 5.78. The standard InChI is InChI=1S/C14H25N3O3/c1-2-4-10(12(18)14(20)16-9-6-7-9)17-13(19)11-5-3-8-15-11/h9-12,15,18H,2-8H2,1H3,(H,16,20)(H,17,19)/t10-,11-,12?/m0/s1. The third kappa shape index (κ3) is 4.18. The summed E-state index contributed by atoms with van der Waals surface area (Å²) >= 11 is 0. The highest BCUT2D eigenvalue weighted by atomic mass is 16.3. The van der Waals surface area contributed by atoms with Crippen LogP contribution in [0.15, 0.2) is 0 Å². The average Bonchev–Trinajstić information content (AvgIpc) is 3.07. The Kier molecular flexibility index (Phi) is 5.37. The van der Waals surface area contributed by atoms with Crippen molar-refractivity contribution in [3.8, 4) is 0 Å². The first-order valence-electron chi connectivity index (χ1n) is 7.64. The van der Waals surface area contributed by atoms with Gasteiger partial charge in [-0.1, -0.05) is 13.3 Å². The number of rotatable bonds is 7. The van der Waals surface area contributed by atoms with Crippen molar-refractivity contribution in [2.75, 3.05) is 6.54 Å². The Labute approximate surface area is 119 Å². The van der Waals surface area contributed by atoms with E-state index < -0.39 is 12.1 Å². The molecular formula is C14H25N3O3. The molecule has 0 aromatic carbocycles. The maximum Gasteiger partial charge on any atom is 0.251 e. The lowest BCUT2D eigenvalue weighted by atomic mass is 10.0. The van der Waals surface area contributed by atoms with Gasteiger partial charge in [-0.05, 0) is 38.6 Å². The lowest BCUT2D eigenvalue weighted by Gasteiger charge is -2.24. The van der Waals surface area contributed by atoms with Crippen molar-refractivity contribution in [2.45, 2.75) is 69.7 Å². The van der Waals surface area contributed by atoms with Gasteiger partial charge in [0.05, 0.1) is 12.1 Å². The van der Waals surface area contributed by atoms with Crippen molar-refractivity contribution in [2.24, 2.45) is 0 Å². The number of aliphatic hydroxyl groups excluding tert-OH is 1. The molecule has 2 amide bonds. The van der Waals surface area contributed by atoms with Crippen LogP contribution in [0.4, 0.5) is 0 Å². The quantitative estimate of drug-likeness (QED) is 0.515. The van der Waals surface area contributed by atoms with E-state index in [1.54, 1.807) is 0 Å². The van der Waals surface area contributed by atoms with Crippen molar-refractivity contribution in [3.63, 3.8) is 0 Å². The Bertz CT molecular complexity index is 352. The Morgan fingerprint density at radius 1 is 1.35 bits per heavy atom. The molecule has 1 aliphatic heterocycles. The minimum absolute atomic E-state index is 0.112. The van der Waals surface area contributed by atoms with Crippen LogP contribution in [0.25, 0.3) is 0 Å². The molecule has 0 aromatic rings. The summed E-state index contributed by atoms with van der Waals surface area (Å²) in [5.41, 5.74) is 0. The maximum absolute atomic E-state index is 12.1. The summed E-state index contributed by atoms with van der Waals surface area (Å²) < 4.78 is 0. The normalized spacial score (nSPS) is 25.0. The summed E-state index contributed by atoms with van der Waals surface area (Å²) in [5, 5.41) is 18.9. The highest BCUT2D eigenvalue weighted by Crippen LogP contribution is 2.19. The van der Waals surface area contributed by atoms with Crippen molar-refractivity contribution in [1.29, 1.82) is 0 Å². The summed E-state index contributed by atoms with van der Waals surface area (Å²) in [6.45, 7) is 2.82. The molecule has 1 saturated heterocycles. The van der Waals surface area contributed by atoms with Crippen LogP contribution in [0.2, 0.25) is 0 Å². The van der Waals surface area contributed by atoms with Gasteiger partial charge >= 0.3 is 0 Å².